The Morgan fingerprint density at radius 2 is 1.85 bits per heavy atom. The summed E-state index contributed by atoms with van der Waals surface area (Å²) in [4.78, 5) is 47.7. The number of aromatic nitrogens is 1. The van der Waals surface area contributed by atoms with E-state index in [-0.39, 0.29) is 68.1 Å². The summed E-state index contributed by atoms with van der Waals surface area (Å²) in [7, 11) is -3.86. The van der Waals surface area contributed by atoms with E-state index in [4.69, 9.17) is 9.15 Å². The van der Waals surface area contributed by atoms with Gasteiger partial charge >= 0.3 is 5.97 Å². The minimum absolute atomic E-state index is 0.0214. The summed E-state index contributed by atoms with van der Waals surface area (Å²) in [6.45, 7) is 13.0. The molecule has 0 saturated carbocycles. The Kier molecular flexibility index (Phi) is 14.6. The number of aliphatic hydroxyl groups is 2. The minimum atomic E-state index is -3.86. The molecule has 48 heavy (non-hydrogen) atoms. The lowest BCUT2D eigenvalue weighted by molar-refractivity contribution is -0.157. The fourth-order valence-electron chi connectivity index (χ4n) is 6.10. The number of fused-ring (bicyclic) bond motifs is 3. The van der Waals surface area contributed by atoms with Crippen molar-refractivity contribution in [1.82, 2.24) is 20.1 Å². The number of carbonyl (C=O) groups is 3. The Morgan fingerprint density at radius 3 is 2.52 bits per heavy atom. The summed E-state index contributed by atoms with van der Waals surface area (Å²) in [6, 6.07) is -1.43. The van der Waals surface area contributed by atoms with Gasteiger partial charge in [-0.05, 0) is 38.4 Å². The third-order valence-corrected chi connectivity index (χ3v) is 11.0. The van der Waals surface area contributed by atoms with E-state index in [0.29, 0.717) is 13.1 Å². The molecule has 14 heteroatoms. The molecule has 3 rings (SSSR count). The molecular weight excluding hydrogens is 640 g/mol. The first-order chi connectivity index (χ1) is 22.7. The second-order valence-electron chi connectivity index (χ2n) is 12.9. The zero-order chi connectivity index (χ0) is 35.6. The van der Waals surface area contributed by atoms with Crippen LogP contribution in [0.25, 0.3) is 0 Å². The van der Waals surface area contributed by atoms with Gasteiger partial charge in [0.25, 0.3) is 5.91 Å². The van der Waals surface area contributed by atoms with Crippen molar-refractivity contribution in [3.05, 3.63) is 53.8 Å². The van der Waals surface area contributed by atoms with Crippen molar-refractivity contribution in [2.24, 2.45) is 11.8 Å². The first-order valence-electron chi connectivity index (χ1n) is 16.7. The molecule has 1 fully saturated rings. The molecule has 13 nitrogen and oxygen atoms in total. The van der Waals surface area contributed by atoms with Crippen molar-refractivity contribution >= 4 is 27.6 Å². The first-order valence-corrected chi connectivity index (χ1v) is 18.4. The Labute approximate surface area is 284 Å². The first kappa shape index (κ1) is 39.1. The summed E-state index contributed by atoms with van der Waals surface area (Å²) in [5, 5.41) is 22.6. The largest absolute Gasteiger partial charge is 0.460 e. The lowest BCUT2D eigenvalue weighted by atomic mass is 9.94. The van der Waals surface area contributed by atoms with Crippen LogP contribution in [-0.2, 0) is 30.6 Å². The maximum Gasteiger partial charge on any atom is 0.330 e. The van der Waals surface area contributed by atoms with Gasteiger partial charge in [-0.15, -0.1) is 0 Å². The maximum atomic E-state index is 14.0. The molecule has 0 aliphatic carbocycles. The molecule has 2 aliphatic heterocycles. The smallest absolute Gasteiger partial charge is 0.330 e. The quantitative estimate of drug-likeness (QED) is 0.356. The minimum Gasteiger partial charge on any atom is -0.460 e. The topological polar surface area (TPSA) is 180 Å². The predicted octanol–water partition coefficient (Wildman–Crippen LogP) is 2.06. The molecule has 3 N–H and O–H groups in total. The van der Waals surface area contributed by atoms with E-state index in [2.05, 4.69) is 10.3 Å². The molecule has 0 radical (unpaired) electrons. The number of hydrogen-bond donors (Lipinski definition) is 3. The number of sulfone groups is 1. The van der Waals surface area contributed by atoms with Gasteiger partial charge in [0, 0.05) is 32.0 Å². The number of nitrogens with one attached hydrogen (secondary N) is 1. The summed E-state index contributed by atoms with van der Waals surface area (Å²) >= 11 is 0. The number of amides is 2. The lowest BCUT2D eigenvalue weighted by Crippen LogP contribution is -2.50. The van der Waals surface area contributed by atoms with Crippen molar-refractivity contribution in [3.8, 4) is 0 Å². The Hall–Kier alpha value is -3.33. The van der Waals surface area contributed by atoms with Gasteiger partial charge in [0.1, 0.15) is 18.4 Å². The summed E-state index contributed by atoms with van der Waals surface area (Å²) in [5.41, 5.74) is 0.587. The molecule has 2 amide bonds. The van der Waals surface area contributed by atoms with Crippen molar-refractivity contribution < 1.29 is 42.2 Å². The van der Waals surface area contributed by atoms with Gasteiger partial charge in [0.2, 0.25) is 5.91 Å². The number of cyclic esters (lactones) is 1. The van der Waals surface area contributed by atoms with Crippen LogP contribution in [0.3, 0.4) is 0 Å². The van der Waals surface area contributed by atoms with Gasteiger partial charge in [-0.3, -0.25) is 9.59 Å². The fraction of sp³-hybridized carbons (Fsp3) is 0.647. The van der Waals surface area contributed by atoms with E-state index in [9.17, 15) is 33.0 Å². The molecule has 0 spiro atoms. The van der Waals surface area contributed by atoms with Crippen molar-refractivity contribution in [2.75, 3.05) is 38.5 Å². The van der Waals surface area contributed by atoms with Crippen LogP contribution >= 0.6 is 0 Å². The molecular formula is C34H52N4O9S. The summed E-state index contributed by atoms with van der Waals surface area (Å²) in [5.74, 6) is -2.66. The van der Waals surface area contributed by atoms with E-state index in [0.717, 1.165) is 11.8 Å². The standard InChI is InChI=1S/C34H52N4O9S/c1-7-37(8-2)16-17-48(44,45)28-13-15-38-31(28)34(43)47-32(22(3)4)24(6)11-12-29(41)35-14-9-10-23(5)18-25(39)19-26(40)20-30-36-27(21-46-30)33(38)42/h9-12,18,21-22,24-26,28,31-32,39-40H,7-8,13-17,19-20H2,1-6H3,(H,35,41)/b10-9+,12-11+,23-18+/t24-,25-,26+,28-,31-,32?/m1/s1. The highest BCUT2D eigenvalue weighted by molar-refractivity contribution is 7.92. The lowest BCUT2D eigenvalue weighted by Gasteiger charge is -2.31. The third-order valence-electron chi connectivity index (χ3n) is 8.80. The van der Waals surface area contributed by atoms with Crippen molar-refractivity contribution in [3.63, 3.8) is 0 Å². The van der Waals surface area contributed by atoms with Crippen LogP contribution in [0, 0.1) is 11.8 Å². The molecule has 3 heterocycles. The van der Waals surface area contributed by atoms with Gasteiger partial charge in [-0.2, -0.15) is 0 Å². The zero-order valence-electron chi connectivity index (χ0n) is 28.9. The molecule has 1 aromatic rings. The molecule has 2 aliphatic rings. The SMILES string of the molecule is CCN(CC)CCS(=O)(=O)[C@@H]1CCN2C(=O)c3coc(n3)C[C@@H](O)C[C@H](O)/C=C(C)/C=C/CNC(=O)/C=C/[C@@H](C)C(C(C)C)OC(=O)[C@@H]12. The van der Waals surface area contributed by atoms with Crippen molar-refractivity contribution in [1.29, 1.82) is 0 Å². The fourth-order valence-corrected chi connectivity index (χ4v) is 8.03. The van der Waals surface area contributed by atoms with Gasteiger partial charge in [0.15, 0.2) is 21.4 Å². The predicted molar refractivity (Wildman–Crippen MR) is 181 cm³/mol. The average molecular weight is 693 g/mol. The molecule has 0 aromatic carbocycles. The van der Waals surface area contributed by atoms with Crippen LogP contribution in [0.1, 0.15) is 70.8 Å². The second-order valence-corrected chi connectivity index (χ2v) is 15.2. The van der Waals surface area contributed by atoms with Gasteiger partial charge in [-0.1, -0.05) is 64.5 Å². The second kappa shape index (κ2) is 17.9. The van der Waals surface area contributed by atoms with E-state index >= 15 is 0 Å². The number of carbonyl (C=O) groups excluding carboxylic acids is 3. The van der Waals surface area contributed by atoms with E-state index < -0.39 is 57.2 Å². The van der Waals surface area contributed by atoms with Crippen LogP contribution in [0.15, 0.2) is 46.6 Å². The van der Waals surface area contributed by atoms with Crippen LogP contribution in [0.5, 0.6) is 0 Å². The van der Waals surface area contributed by atoms with Gasteiger partial charge < -0.3 is 34.5 Å². The molecule has 1 unspecified atom stereocenters. The Bertz CT molecular complexity index is 1450. The van der Waals surface area contributed by atoms with E-state index in [1.165, 1.54) is 11.0 Å². The molecule has 1 saturated heterocycles. The zero-order valence-corrected chi connectivity index (χ0v) is 29.7. The summed E-state index contributed by atoms with van der Waals surface area (Å²) in [6.07, 6.45) is 6.32. The van der Waals surface area contributed by atoms with Gasteiger partial charge in [-0.25, -0.2) is 18.2 Å². The molecule has 6 atom stereocenters. The third kappa shape index (κ3) is 10.8. The van der Waals surface area contributed by atoms with E-state index in [1.807, 2.05) is 32.6 Å². The highest BCUT2D eigenvalue weighted by atomic mass is 32.2. The van der Waals surface area contributed by atoms with Crippen LogP contribution in [0.2, 0.25) is 0 Å². The average Bonchev–Trinajstić information content (AvgIpc) is 3.68. The number of ether oxygens (including phenoxy) is 1. The normalized spacial score (nSPS) is 29.6. The van der Waals surface area contributed by atoms with Crippen LogP contribution in [0.4, 0.5) is 0 Å². The molecule has 1 aromatic heterocycles. The molecule has 2 bridgehead atoms. The number of aliphatic hydroxyl groups excluding tert-OH is 2. The highest BCUT2D eigenvalue weighted by Gasteiger charge is 2.50. The highest BCUT2D eigenvalue weighted by Crippen LogP contribution is 2.30. The van der Waals surface area contributed by atoms with Crippen LogP contribution < -0.4 is 5.32 Å². The van der Waals surface area contributed by atoms with E-state index in [1.54, 1.807) is 38.2 Å². The Morgan fingerprint density at radius 1 is 1.15 bits per heavy atom. The molecule has 268 valence electrons. The number of nitrogens with zero attached hydrogens (tertiary/aromatic N) is 3. The van der Waals surface area contributed by atoms with Crippen molar-refractivity contribution in [2.45, 2.75) is 90.4 Å². The monoisotopic (exact) mass is 692 g/mol. The number of esters is 1. The van der Waals surface area contributed by atoms with Gasteiger partial charge in [0.05, 0.1) is 29.6 Å². The Balaban J connectivity index is 2.00. The number of rotatable bonds is 7. The van der Waals surface area contributed by atoms with Crippen LogP contribution in [-0.4, -0.2) is 119 Å². The maximum absolute atomic E-state index is 14.0. The summed E-state index contributed by atoms with van der Waals surface area (Å²) < 4.78 is 39.0. The number of oxazole rings is 1. The number of hydrogen-bond acceptors (Lipinski definition) is 11. The number of allylic oxidation sites excluding steroid dienone is 2.